The molecule has 2 aliphatic heterocycles. The van der Waals surface area contributed by atoms with E-state index in [1.807, 2.05) is 0 Å². The van der Waals surface area contributed by atoms with E-state index >= 15 is 0 Å². The van der Waals surface area contributed by atoms with Crippen LogP contribution in [0, 0.1) is 17.3 Å². The van der Waals surface area contributed by atoms with Gasteiger partial charge in [-0.25, -0.2) is 0 Å². The first kappa shape index (κ1) is 24.2. The summed E-state index contributed by atoms with van der Waals surface area (Å²) in [5.74, 6) is 2.12. The van der Waals surface area contributed by atoms with Crippen LogP contribution >= 0.6 is 11.8 Å². The van der Waals surface area contributed by atoms with Crippen molar-refractivity contribution in [3.8, 4) is 11.1 Å². The molecule has 0 saturated heterocycles. The molecule has 2 heterocycles. The summed E-state index contributed by atoms with van der Waals surface area (Å²) in [6, 6.07) is 16.0. The fourth-order valence-electron chi connectivity index (χ4n) is 7.85. The molecule has 2 aromatic rings. The van der Waals surface area contributed by atoms with Gasteiger partial charge in [0.25, 0.3) is 0 Å². The van der Waals surface area contributed by atoms with Crippen molar-refractivity contribution in [2.75, 3.05) is 6.54 Å². The standard InChI is InChI=1S/C35H38N2S/c1-4-30-37-29-18-17-27-32-25(23-13-9-6-10-14-23)16-15-24(22-11-7-5-8-12-22)31(32)26-19-20-36-21-28(26)35(2,3)33(27)34(29)38-30/h5-13,15-20,23,26-28,30,33,36-37H,4,14,21H2,1-3H3. The van der Waals surface area contributed by atoms with E-state index in [2.05, 4.69) is 134 Å². The molecule has 0 radical (unpaired) electrons. The van der Waals surface area contributed by atoms with Crippen LogP contribution in [-0.2, 0) is 0 Å². The topological polar surface area (TPSA) is 24.1 Å². The van der Waals surface area contributed by atoms with E-state index in [-0.39, 0.29) is 5.41 Å². The van der Waals surface area contributed by atoms with Crippen LogP contribution in [0.3, 0.4) is 0 Å². The molecule has 38 heavy (non-hydrogen) atoms. The molecule has 7 rings (SSSR count). The molecule has 0 amide bonds. The van der Waals surface area contributed by atoms with Gasteiger partial charge in [-0.2, -0.15) is 0 Å². The first-order chi connectivity index (χ1) is 18.6. The van der Waals surface area contributed by atoms with Crippen LogP contribution in [0.15, 0.2) is 102 Å². The lowest BCUT2D eigenvalue weighted by molar-refractivity contribution is 0.123. The Bertz CT molecular complexity index is 1390. The molecule has 2 nitrogen and oxygen atoms in total. The molecule has 3 aliphatic carbocycles. The summed E-state index contributed by atoms with van der Waals surface area (Å²) >= 11 is 2.10. The Hall–Kier alpha value is -2.91. The molecule has 2 N–H and O–H groups in total. The van der Waals surface area contributed by atoms with Gasteiger partial charge in [0.2, 0.25) is 0 Å². The maximum atomic E-state index is 3.85. The van der Waals surface area contributed by atoms with Crippen molar-refractivity contribution in [1.29, 1.82) is 0 Å². The predicted molar refractivity (Wildman–Crippen MR) is 162 cm³/mol. The monoisotopic (exact) mass is 518 g/mol. The first-order valence-corrected chi connectivity index (χ1v) is 15.3. The van der Waals surface area contributed by atoms with Gasteiger partial charge in [0, 0.05) is 40.8 Å². The Kier molecular flexibility index (Phi) is 5.96. The van der Waals surface area contributed by atoms with Gasteiger partial charge in [-0.3, -0.25) is 0 Å². The van der Waals surface area contributed by atoms with Gasteiger partial charge in [0.05, 0.1) is 5.37 Å². The molecule has 0 spiro atoms. The summed E-state index contributed by atoms with van der Waals surface area (Å²) < 4.78 is 0. The summed E-state index contributed by atoms with van der Waals surface area (Å²) in [6.07, 6.45) is 21.1. The fraction of sp³-hybridized carbons (Fsp3) is 0.371. The number of hydrogen-bond acceptors (Lipinski definition) is 3. The number of hydrogen-bond donors (Lipinski definition) is 2. The molecule has 0 aromatic heterocycles. The Morgan fingerprint density at radius 2 is 1.82 bits per heavy atom. The Labute approximate surface area is 232 Å². The van der Waals surface area contributed by atoms with Gasteiger partial charge in [-0.15, -0.1) is 11.8 Å². The van der Waals surface area contributed by atoms with Crippen molar-refractivity contribution in [3.63, 3.8) is 0 Å². The van der Waals surface area contributed by atoms with Gasteiger partial charge in [-0.05, 0) is 64.3 Å². The Morgan fingerprint density at radius 3 is 2.61 bits per heavy atom. The highest BCUT2D eigenvalue weighted by Crippen LogP contribution is 2.63. The van der Waals surface area contributed by atoms with Gasteiger partial charge < -0.3 is 10.6 Å². The third-order valence-corrected chi connectivity index (χ3v) is 11.2. The average Bonchev–Trinajstić information content (AvgIpc) is 3.37. The molecule has 0 saturated carbocycles. The van der Waals surface area contributed by atoms with Gasteiger partial charge in [0.1, 0.15) is 0 Å². The summed E-state index contributed by atoms with van der Waals surface area (Å²) in [7, 11) is 0. The minimum absolute atomic E-state index is 0.113. The highest BCUT2D eigenvalue weighted by atomic mass is 32.2. The maximum absolute atomic E-state index is 3.85. The molecule has 3 heteroatoms. The number of fused-ring (bicyclic) bond motifs is 6. The van der Waals surface area contributed by atoms with E-state index in [9.17, 15) is 0 Å². The van der Waals surface area contributed by atoms with Gasteiger partial charge in [-0.1, -0.05) is 99.7 Å². The molecule has 0 bridgehead atoms. The number of allylic oxidation sites excluding steroid dienone is 8. The molecule has 6 unspecified atom stereocenters. The molecular formula is C35H38N2S. The number of benzene rings is 2. The highest BCUT2D eigenvalue weighted by molar-refractivity contribution is 8.03. The lowest BCUT2D eigenvalue weighted by atomic mass is 9.61. The molecule has 2 aromatic carbocycles. The summed E-state index contributed by atoms with van der Waals surface area (Å²) in [5, 5.41) is 7.98. The van der Waals surface area contributed by atoms with E-state index in [1.54, 1.807) is 16.0 Å². The fourth-order valence-corrected chi connectivity index (χ4v) is 9.36. The maximum Gasteiger partial charge on any atom is 0.0764 e. The van der Waals surface area contributed by atoms with E-state index in [4.69, 9.17) is 0 Å². The Balaban J connectivity index is 1.52. The van der Waals surface area contributed by atoms with E-state index in [0.717, 1.165) is 19.4 Å². The summed E-state index contributed by atoms with van der Waals surface area (Å²) in [5.41, 5.74) is 8.91. The van der Waals surface area contributed by atoms with E-state index in [0.29, 0.717) is 35.0 Å². The minimum atomic E-state index is 0.113. The third-order valence-electron chi connectivity index (χ3n) is 9.74. The smallest absolute Gasteiger partial charge is 0.0764 e. The lowest BCUT2D eigenvalue weighted by Crippen LogP contribution is -2.43. The first-order valence-electron chi connectivity index (χ1n) is 14.4. The number of nitrogens with one attached hydrogen (secondary N) is 2. The average molecular weight is 519 g/mol. The summed E-state index contributed by atoms with van der Waals surface area (Å²) in [6.45, 7) is 8.44. The number of rotatable bonds is 3. The SMILES string of the molecule is CCC1NC2=C(S1)C1C(C=C2)c2c(C3C=CC=CC3)ccc(-c3ccccc3)c2C2C=CNCC2C1(C)C. The molecular weight excluding hydrogens is 480 g/mol. The largest absolute Gasteiger partial charge is 0.391 e. The lowest BCUT2D eigenvalue weighted by Gasteiger charge is -2.46. The third kappa shape index (κ3) is 3.69. The second-order valence-corrected chi connectivity index (χ2v) is 13.3. The van der Waals surface area contributed by atoms with Crippen LogP contribution in [0.1, 0.15) is 68.1 Å². The van der Waals surface area contributed by atoms with Crippen molar-refractivity contribution in [2.45, 2.75) is 56.7 Å². The van der Waals surface area contributed by atoms with E-state index in [1.165, 1.54) is 22.4 Å². The molecule has 5 aliphatic rings. The second kappa shape index (κ2) is 9.38. The second-order valence-electron chi connectivity index (χ2n) is 12.1. The van der Waals surface area contributed by atoms with Crippen LogP contribution in [0.25, 0.3) is 11.1 Å². The van der Waals surface area contributed by atoms with Crippen LogP contribution in [0.2, 0.25) is 0 Å². The van der Waals surface area contributed by atoms with Crippen LogP contribution < -0.4 is 10.6 Å². The summed E-state index contributed by atoms with van der Waals surface area (Å²) in [4.78, 5) is 1.59. The van der Waals surface area contributed by atoms with Crippen LogP contribution in [0.4, 0.5) is 0 Å². The zero-order chi connectivity index (χ0) is 25.9. The quantitative estimate of drug-likeness (QED) is 0.427. The van der Waals surface area contributed by atoms with Crippen LogP contribution in [0.5, 0.6) is 0 Å². The van der Waals surface area contributed by atoms with Gasteiger partial charge >= 0.3 is 0 Å². The predicted octanol–water partition coefficient (Wildman–Crippen LogP) is 8.36. The van der Waals surface area contributed by atoms with Crippen molar-refractivity contribution in [3.05, 3.63) is 118 Å². The van der Waals surface area contributed by atoms with Crippen molar-refractivity contribution in [1.82, 2.24) is 10.6 Å². The van der Waals surface area contributed by atoms with Crippen molar-refractivity contribution >= 4 is 11.8 Å². The zero-order valence-electron chi connectivity index (χ0n) is 22.7. The van der Waals surface area contributed by atoms with E-state index < -0.39 is 0 Å². The van der Waals surface area contributed by atoms with Gasteiger partial charge in [0.15, 0.2) is 0 Å². The number of thioether (sulfide) groups is 1. The van der Waals surface area contributed by atoms with Crippen molar-refractivity contribution < 1.29 is 0 Å². The highest BCUT2D eigenvalue weighted by Gasteiger charge is 2.53. The zero-order valence-corrected chi connectivity index (χ0v) is 23.5. The van der Waals surface area contributed by atoms with Crippen LogP contribution in [-0.4, -0.2) is 11.9 Å². The minimum Gasteiger partial charge on any atom is -0.391 e. The normalized spacial score (nSPS) is 32.0. The molecule has 6 atom stereocenters. The molecule has 194 valence electrons. The van der Waals surface area contributed by atoms with Crippen molar-refractivity contribution in [2.24, 2.45) is 17.3 Å². The molecule has 0 fully saturated rings. The Morgan fingerprint density at radius 1 is 0.947 bits per heavy atom.